The third-order valence-electron chi connectivity index (χ3n) is 2.06. The van der Waals surface area contributed by atoms with Crippen molar-refractivity contribution in [1.29, 1.82) is 5.26 Å². The molecule has 11 heavy (non-hydrogen) atoms. The van der Waals surface area contributed by atoms with E-state index < -0.39 is 0 Å². The van der Waals surface area contributed by atoms with E-state index in [1.165, 1.54) is 12.8 Å². The van der Waals surface area contributed by atoms with E-state index in [-0.39, 0.29) is 6.04 Å². The second-order valence-electron chi connectivity index (χ2n) is 2.94. The molecule has 1 unspecified atom stereocenters. The molecule has 0 aliphatic heterocycles. The lowest BCUT2D eigenvalue weighted by Gasteiger charge is -2.13. The molecule has 0 spiro atoms. The van der Waals surface area contributed by atoms with Crippen molar-refractivity contribution < 1.29 is 0 Å². The van der Waals surface area contributed by atoms with Crippen LogP contribution < -0.4 is 5.32 Å². The average molecular weight is 154 g/mol. The summed E-state index contributed by atoms with van der Waals surface area (Å²) in [4.78, 5) is 0. The van der Waals surface area contributed by atoms with Gasteiger partial charge in [0.2, 0.25) is 0 Å². The summed E-state index contributed by atoms with van der Waals surface area (Å²) in [6.07, 6.45) is 2.39. The van der Waals surface area contributed by atoms with Crippen LogP contribution in [-0.4, -0.2) is 12.6 Å². The Kier molecular flexibility index (Phi) is 5.87. The topological polar surface area (TPSA) is 35.8 Å². The van der Waals surface area contributed by atoms with Crippen LogP contribution in [0.1, 0.15) is 33.6 Å². The molecule has 0 aromatic rings. The van der Waals surface area contributed by atoms with Crippen molar-refractivity contribution in [2.75, 3.05) is 6.54 Å². The molecule has 0 saturated carbocycles. The molecule has 0 rings (SSSR count). The highest BCUT2D eigenvalue weighted by atomic mass is 14.9. The lowest BCUT2D eigenvalue weighted by molar-refractivity contribution is 0.440. The maximum absolute atomic E-state index is 8.48. The average Bonchev–Trinajstić information content (AvgIpc) is 2.06. The minimum atomic E-state index is -0.00407. The van der Waals surface area contributed by atoms with Crippen molar-refractivity contribution in [3.05, 3.63) is 0 Å². The summed E-state index contributed by atoms with van der Waals surface area (Å²) < 4.78 is 0. The minimum absolute atomic E-state index is 0.00407. The highest BCUT2D eigenvalue weighted by Crippen LogP contribution is 2.05. The lowest BCUT2D eigenvalue weighted by atomic mass is 10.0. The van der Waals surface area contributed by atoms with Crippen LogP contribution in [0, 0.1) is 17.2 Å². The first kappa shape index (κ1) is 10.4. The third kappa shape index (κ3) is 4.80. The maximum Gasteiger partial charge on any atom is 0.0924 e. The van der Waals surface area contributed by atoms with Gasteiger partial charge in [0.15, 0.2) is 0 Å². The normalized spacial score (nSPS) is 13.0. The first-order valence-electron chi connectivity index (χ1n) is 4.37. The van der Waals surface area contributed by atoms with Crippen LogP contribution in [0.5, 0.6) is 0 Å². The summed E-state index contributed by atoms with van der Waals surface area (Å²) in [5.41, 5.74) is 0. The molecule has 0 saturated heterocycles. The van der Waals surface area contributed by atoms with Crippen molar-refractivity contribution in [2.45, 2.75) is 39.7 Å². The van der Waals surface area contributed by atoms with Crippen LogP contribution in [0.25, 0.3) is 0 Å². The molecule has 0 aromatic carbocycles. The van der Waals surface area contributed by atoms with E-state index in [9.17, 15) is 0 Å². The van der Waals surface area contributed by atoms with Gasteiger partial charge in [-0.15, -0.1) is 0 Å². The van der Waals surface area contributed by atoms with E-state index >= 15 is 0 Å². The fourth-order valence-electron chi connectivity index (χ4n) is 0.966. The molecule has 0 radical (unpaired) electrons. The molecule has 0 fully saturated rings. The molecule has 64 valence electrons. The number of hydrogen-bond acceptors (Lipinski definition) is 2. The van der Waals surface area contributed by atoms with Gasteiger partial charge in [-0.05, 0) is 19.4 Å². The third-order valence-corrected chi connectivity index (χ3v) is 2.06. The van der Waals surface area contributed by atoms with Gasteiger partial charge in [0, 0.05) is 0 Å². The fourth-order valence-corrected chi connectivity index (χ4v) is 0.966. The smallest absolute Gasteiger partial charge is 0.0924 e. The van der Waals surface area contributed by atoms with Crippen LogP contribution >= 0.6 is 0 Å². The van der Waals surface area contributed by atoms with Gasteiger partial charge < -0.3 is 5.32 Å². The molecule has 1 N–H and O–H groups in total. The zero-order valence-electron chi connectivity index (χ0n) is 7.72. The maximum atomic E-state index is 8.48. The predicted octanol–water partition coefficient (Wildman–Crippen LogP) is 1.92. The van der Waals surface area contributed by atoms with Crippen molar-refractivity contribution in [2.24, 2.45) is 5.92 Å². The minimum Gasteiger partial charge on any atom is -0.302 e. The Morgan fingerprint density at radius 2 is 1.91 bits per heavy atom. The van der Waals surface area contributed by atoms with E-state index in [0.29, 0.717) is 0 Å². The van der Waals surface area contributed by atoms with Crippen molar-refractivity contribution in [3.63, 3.8) is 0 Å². The summed E-state index contributed by atoms with van der Waals surface area (Å²) in [5, 5.41) is 11.7. The molecular formula is C9H18N2. The summed E-state index contributed by atoms with van der Waals surface area (Å²) in [5.74, 6) is 0.728. The molecule has 0 amide bonds. The standard InChI is InChI=1S/C9H18N2/c1-4-9(5-2)7-11-8(3)6-10/h8-9,11H,4-5,7H2,1-3H3. The molecule has 2 heteroatoms. The molecule has 1 atom stereocenters. The van der Waals surface area contributed by atoms with Crippen molar-refractivity contribution in [1.82, 2.24) is 5.32 Å². The van der Waals surface area contributed by atoms with E-state index in [4.69, 9.17) is 5.26 Å². The Hall–Kier alpha value is -0.550. The van der Waals surface area contributed by atoms with Crippen LogP contribution in [0.15, 0.2) is 0 Å². The van der Waals surface area contributed by atoms with Crippen molar-refractivity contribution in [3.8, 4) is 6.07 Å². The van der Waals surface area contributed by atoms with Gasteiger partial charge in [-0.2, -0.15) is 5.26 Å². The first-order chi connectivity index (χ1) is 5.24. The Bertz CT molecular complexity index is 122. The quantitative estimate of drug-likeness (QED) is 0.656. The van der Waals surface area contributed by atoms with E-state index in [1.54, 1.807) is 0 Å². The van der Waals surface area contributed by atoms with Crippen LogP contribution in [0.4, 0.5) is 0 Å². The summed E-state index contributed by atoms with van der Waals surface area (Å²) in [6, 6.07) is 2.15. The molecule has 0 heterocycles. The molecule has 0 aromatic heterocycles. The molecular weight excluding hydrogens is 136 g/mol. The summed E-state index contributed by atoms with van der Waals surface area (Å²) in [7, 11) is 0. The molecule has 0 aliphatic carbocycles. The van der Waals surface area contributed by atoms with Gasteiger partial charge in [-0.1, -0.05) is 26.7 Å². The number of hydrogen-bond donors (Lipinski definition) is 1. The van der Waals surface area contributed by atoms with Gasteiger partial charge in [-0.25, -0.2) is 0 Å². The second kappa shape index (κ2) is 6.18. The van der Waals surface area contributed by atoms with Crippen LogP contribution in [-0.2, 0) is 0 Å². The van der Waals surface area contributed by atoms with Gasteiger partial charge in [0.05, 0.1) is 12.1 Å². The van der Waals surface area contributed by atoms with Crippen LogP contribution in [0.2, 0.25) is 0 Å². The Balaban J connectivity index is 3.44. The zero-order valence-corrected chi connectivity index (χ0v) is 7.72. The van der Waals surface area contributed by atoms with Gasteiger partial charge in [-0.3, -0.25) is 0 Å². The van der Waals surface area contributed by atoms with E-state index in [1.807, 2.05) is 6.92 Å². The summed E-state index contributed by atoms with van der Waals surface area (Å²) >= 11 is 0. The lowest BCUT2D eigenvalue weighted by Crippen LogP contribution is -2.29. The van der Waals surface area contributed by atoms with Crippen LogP contribution in [0.3, 0.4) is 0 Å². The molecule has 0 bridgehead atoms. The summed E-state index contributed by atoms with van der Waals surface area (Å²) in [6.45, 7) is 7.24. The molecule has 2 nitrogen and oxygen atoms in total. The Morgan fingerprint density at radius 3 is 2.27 bits per heavy atom. The molecule has 0 aliphatic rings. The Morgan fingerprint density at radius 1 is 1.36 bits per heavy atom. The van der Waals surface area contributed by atoms with Crippen molar-refractivity contribution >= 4 is 0 Å². The highest BCUT2D eigenvalue weighted by Gasteiger charge is 2.04. The zero-order chi connectivity index (χ0) is 8.69. The van der Waals surface area contributed by atoms with E-state index in [0.717, 1.165) is 12.5 Å². The second-order valence-corrected chi connectivity index (χ2v) is 2.94. The monoisotopic (exact) mass is 154 g/mol. The van der Waals surface area contributed by atoms with E-state index in [2.05, 4.69) is 25.2 Å². The fraction of sp³-hybridized carbons (Fsp3) is 0.889. The highest BCUT2D eigenvalue weighted by molar-refractivity contribution is 4.85. The van der Waals surface area contributed by atoms with Gasteiger partial charge in [0.1, 0.15) is 0 Å². The number of nitrogens with zero attached hydrogens (tertiary/aromatic N) is 1. The largest absolute Gasteiger partial charge is 0.302 e. The first-order valence-corrected chi connectivity index (χ1v) is 4.37. The predicted molar refractivity (Wildman–Crippen MR) is 47.1 cm³/mol. The van der Waals surface area contributed by atoms with Gasteiger partial charge >= 0.3 is 0 Å². The Labute approximate surface area is 69.6 Å². The van der Waals surface area contributed by atoms with Gasteiger partial charge in [0.25, 0.3) is 0 Å². The SMILES string of the molecule is CCC(CC)CNC(C)C#N. The number of nitrogens with one attached hydrogen (secondary N) is 1. The number of nitriles is 1. The number of rotatable bonds is 5.